The zero-order valence-electron chi connectivity index (χ0n) is 22.4. The van der Waals surface area contributed by atoms with Gasteiger partial charge in [0.15, 0.2) is 0 Å². The van der Waals surface area contributed by atoms with E-state index in [4.69, 9.17) is 9.57 Å². The summed E-state index contributed by atoms with van der Waals surface area (Å²) < 4.78 is 6.24. The van der Waals surface area contributed by atoms with Crippen LogP contribution in [0, 0.1) is 13.8 Å². The lowest BCUT2D eigenvalue weighted by atomic mass is 9.69. The van der Waals surface area contributed by atoms with Crippen LogP contribution in [0.25, 0.3) is 0 Å². The van der Waals surface area contributed by atoms with Crippen molar-refractivity contribution in [1.82, 2.24) is 0 Å². The fraction of sp³-hybridized carbons (Fsp3) is 0.219. The summed E-state index contributed by atoms with van der Waals surface area (Å²) in [7, 11) is 1.51. The summed E-state index contributed by atoms with van der Waals surface area (Å²) in [6.45, 7) is 5.63. The van der Waals surface area contributed by atoms with Gasteiger partial charge >= 0.3 is 11.9 Å². The van der Waals surface area contributed by atoms with Crippen molar-refractivity contribution in [3.63, 3.8) is 0 Å². The monoisotopic (exact) mass is 525 g/mol. The lowest BCUT2D eigenvalue weighted by Crippen LogP contribution is -2.38. The third-order valence-electron chi connectivity index (χ3n) is 7.13. The Balaban J connectivity index is 1.66. The van der Waals surface area contributed by atoms with Gasteiger partial charge in [-0.1, -0.05) is 65.8 Å². The third-order valence-corrected chi connectivity index (χ3v) is 7.13. The van der Waals surface area contributed by atoms with Crippen LogP contribution in [0.1, 0.15) is 46.7 Å². The molecule has 200 valence electrons. The van der Waals surface area contributed by atoms with Crippen molar-refractivity contribution in [2.75, 3.05) is 7.11 Å². The van der Waals surface area contributed by atoms with Gasteiger partial charge in [-0.3, -0.25) is 4.79 Å². The Morgan fingerprint density at radius 1 is 0.923 bits per heavy atom. The molecule has 0 saturated heterocycles. The minimum Gasteiger partial charge on any atom is -0.489 e. The van der Waals surface area contributed by atoms with Gasteiger partial charge in [0.2, 0.25) is 0 Å². The quantitative estimate of drug-likeness (QED) is 0.264. The molecule has 7 heteroatoms. The molecule has 3 aromatic rings. The van der Waals surface area contributed by atoms with Crippen LogP contribution < -0.4 is 4.74 Å². The molecule has 1 aliphatic carbocycles. The highest BCUT2D eigenvalue weighted by molar-refractivity contribution is 6.12. The number of rotatable bonds is 9. The van der Waals surface area contributed by atoms with Gasteiger partial charge in [0.1, 0.15) is 30.6 Å². The molecule has 0 aliphatic heterocycles. The molecular formula is C32H31NO6. The average Bonchev–Trinajstić information content (AvgIpc) is 2.92. The molecule has 3 aromatic carbocycles. The number of hydrogen-bond acceptors (Lipinski definition) is 5. The predicted molar refractivity (Wildman–Crippen MR) is 149 cm³/mol. The molecule has 0 spiro atoms. The highest BCUT2D eigenvalue weighted by Gasteiger charge is 2.43. The third kappa shape index (κ3) is 5.48. The first-order valence-electron chi connectivity index (χ1n) is 12.5. The van der Waals surface area contributed by atoms with Crippen LogP contribution in [0.4, 0.5) is 0 Å². The molecule has 0 aromatic heterocycles. The molecule has 0 radical (unpaired) electrons. The van der Waals surface area contributed by atoms with E-state index < -0.39 is 17.4 Å². The van der Waals surface area contributed by atoms with Crippen molar-refractivity contribution in [1.29, 1.82) is 0 Å². The van der Waals surface area contributed by atoms with Crippen molar-refractivity contribution in [3.8, 4) is 5.75 Å². The first-order valence-corrected chi connectivity index (χ1v) is 12.5. The number of carbonyl (C=O) groups is 2. The van der Waals surface area contributed by atoms with Gasteiger partial charge in [0.05, 0.1) is 0 Å². The topological polar surface area (TPSA) is 105 Å². The Labute approximate surface area is 227 Å². The van der Waals surface area contributed by atoms with Crippen LogP contribution in [0.15, 0.2) is 95.2 Å². The van der Waals surface area contributed by atoms with E-state index in [1.54, 1.807) is 31.2 Å². The van der Waals surface area contributed by atoms with Gasteiger partial charge < -0.3 is 19.8 Å². The van der Waals surface area contributed by atoms with Gasteiger partial charge in [-0.05, 0) is 66.8 Å². The molecule has 7 nitrogen and oxygen atoms in total. The lowest BCUT2D eigenvalue weighted by molar-refractivity contribution is -0.142. The van der Waals surface area contributed by atoms with Gasteiger partial charge in [-0.25, -0.2) is 4.79 Å². The Bertz CT molecular complexity index is 1500. The first-order chi connectivity index (χ1) is 18.7. The zero-order chi connectivity index (χ0) is 28.2. The number of ether oxygens (including phenoxy) is 1. The van der Waals surface area contributed by atoms with E-state index in [9.17, 15) is 19.8 Å². The van der Waals surface area contributed by atoms with Crippen molar-refractivity contribution < 1.29 is 29.4 Å². The number of aliphatic carboxylic acids is 2. The van der Waals surface area contributed by atoms with Crippen molar-refractivity contribution >= 4 is 17.7 Å². The van der Waals surface area contributed by atoms with Gasteiger partial charge in [-0.15, -0.1) is 0 Å². The Hall–Kier alpha value is -4.65. The SMILES string of the molecule is CON=C(c1ccccc1)c1ccc(OCc2c(C)cccc2C2(C(=O)O)C=CC(C)=C(C(=O)O)C2)c(C)c1. The molecule has 0 fully saturated rings. The number of benzene rings is 3. The number of allylic oxidation sites excluding steroid dienone is 2. The second kappa shape index (κ2) is 11.4. The Morgan fingerprint density at radius 2 is 1.67 bits per heavy atom. The van der Waals surface area contributed by atoms with Crippen LogP contribution in [-0.2, 0) is 26.4 Å². The summed E-state index contributed by atoms with van der Waals surface area (Å²) in [6, 6.07) is 20.9. The highest BCUT2D eigenvalue weighted by atomic mass is 16.6. The number of carboxylic acids is 2. The van der Waals surface area contributed by atoms with Gasteiger partial charge in [-0.2, -0.15) is 0 Å². The first kappa shape index (κ1) is 27.4. The van der Waals surface area contributed by atoms with E-state index in [0.717, 1.165) is 22.3 Å². The molecule has 1 atom stereocenters. The fourth-order valence-corrected chi connectivity index (χ4v) is 4.92. The second-order valence-electron chi connectivity index (χ2n) is 9.61. The maximum absolute atomic E-state index is 12.7. The normalized spacial score (nSPS) is 17.2. The largest absolute Gasteiger partial charge is 0.489 e. The molecule has 4 rings (SSSR count). The van der Waals surface area contributed by atoms with E-state index in [-0.39, 0.29) is 18.6 Å². The summed E-state index contributed by atoms with van der Waals surface area (Å²) >= 11 is 0. The zero-order valence-corrected chi connectivity index (χ0v) is 22.4. The summed E-state index contributed by atoms with van der Waals surface area (Å²) in [6.07, 6.45) is 3.03. The van der Waals surface area contributed by atoms with Crippen LogP contribution in [0.5, 0.6) is 5.75 Å². The molecule has 2 N–H and O–H groups in total. The highest BCUT2D eigenvalue weighted by Crippen LogP contribution is 2.41. The molecule has 1 unspecified atom stereocenters. The molecule has 0 heterocycles. The Morgan fingerprint density at radius 3 is 2.31 bits per heavy atom. The molecule has 39 heavy (non-hydrogen) atoms. The van der Waals surface area contributed by atoms with E-state index in [2.05, 4.69) is 5.16 Å². The molecule has 0 amide bonds. The van der Waals surface area contributed by atoms with E-state index in [1.165, 1.54) is 7.11 Å². The molecule has 0 saturated carbocycles. The van der Waals surface area contributed by atoms with Gasteiger partial charge in [0.25, 0.3) is 0 Å². The van der Waals surface area contributed by atoms with Crippen LogP contribution in [0.2, 0.25) is 0 Å². The number of oxime groups is 1. The minimum absolute atomic E-state index is 0.0895. The minimum atomic E-state index is -1.52. The standard InChI is InChI=1S/C32H31NO6/c1-20-9-8-12-27(32(31(36)37)16-15-21(2)25(18-32)30(34)35)26(20)19-39-28-14-13-24(17-22(28)3)29(33-38-4)23-10-6-5-7-11-23/h5-17H,18-19H2,1-4H3,(H,34,35)(H,36,37). The molecule has 0 bridgehead atoms. The van der Waals surface area contributed by atoms with Crippen molar-refractivity contribution in [2.24, 2.45) is 5.16 Å². The van der Waals surface area contributed by atoms with Crippen LogP contribution >= 0.6 is 0 Å². The Kier molecular flexibility index (Phi) is 8.00. The fourth-order valence-electron chi connectivity index (χ4n) is 4.92. The summed E-state index contributed by atoms with van der Waals surface area (Å²) in [5, 5.41) is 24.3. The average molecular weight is 526 g/mol. The maximum atomic E-state index is 12.7. The van der Waals surface area contributed by atoms with Crippen LogP contribution in [0.3, 0.4) is 0 Å². The van der Waals surface area contributed by atoms with Crippen molar-refractivity contribution in [3.05, 3.63) is 123 Å². The lowest BCUT2D eigenvalue weighted by Gasteiger charge is -2.32. The number of hydrogen-bond donors (Lipinski definition) is 2. The smallest absolute Gasteiger partial charge is 0.331 e. The number of carboxylic acid groups (broad SMARTS) is 2. The summed E-state index contributed by atoms with van der Waals surface area (Å²) in [5.74, 6) is -1.58. The summed E-state index contributed by atoms with van der Waals surface area (Å²) in [5.41, 5.74) is 4.56. The van der Waals surface area contributed by atoms with E-state index in [1.807, 2.05) is 68.4 Å². The predicted octanol–water partition coefficient (Wildman–Crippen LogP) is 5.96. The maximum Gasteiger partial charge on any atom is 0.331 e. The van der Waals surface area contributed by atoms with Crippen LogP contribution in [-0.4, -0.2) is 35.0 Å². The van der Waals surface area contributed by atoms with E-state index in [0.29, 0.717) is 28.2 Å². The van der Waals surface area contributed by atoms with Crippen molar-refractivity contribution in [2.45, 2.75) is 39.2 Å². The number of aryl methyl sites for hydroxylation is 2. The van der Waals surface area contributed by atoms with E-state index >= 15 is 0 Å². The number of nitrogens with zero attached hydrogens (tertiary/aromatic N) is 1. The second-order valence-corrected chi connectivity index (χ2v) is 9.61. The molecular weight excluding hydrogens is 494 g/mol. The van der Waals surface area contributed by atoms with Gasteiger partial charge in [0, 0.05) is 23.1 Å². The molecule has 1 aliphatic rings. The summed E-state index contributed by atoms with van der Waals surface area (Å²) in [4.78, 5) is 29.7.